The van der Waals surface area contributed by atoms with Gasteiger partial charge in [0.25, 0.3) is 5.69 Å². The van der Waals surface area contributed by atoms with E-state index in [2.05, 4.69) is 10.1 Å². The molecule has 0 radical (unpaired) electrons. The second-order valence-corrected chi connectivity index (χ2v) is 4.92. The molecular weight excluding hydrogens is 350 g/mol. The van der Waals surface area contributed by atoms with E-state index in [-0.39, 0.29) is 17.1 Å². The van der Waals surface area contributed by atoms with Crippen molar-refractivity contribution in [1.82, 2.24) is 0 Å². The number of anilines is 1. The quantitative estimate of drug-likeness (QED) is 0.458. The van der Waals surface area contributed by atoms with Crippen LogP contribution in [0.15, 0.2) is 48.5 Å². The van der Waals surface area contributed by atoms with E-state index in [0.717, 1.165) is 24.3 Å². The minimum Gasteiger partial charge on any atom is -0.497 e. The summed E-state index contributed by atoms with van der Waals surface area (Å²) in [6.45, 7) is -3.14. The third-order valence-electron chi connectivity index (χ3n) is 3.17. The molecule has 136 valence electrons. The Bertz CT molecular complexity index is 840. The number of benzene rings is 2. The second-order valence-electron chi connectivity index (χ2n) is 4.92. The van der Waals surface area contributed by atoms with Crippen molar-refractivity contribution in [3.63, 3.8) is 0 Å². The number of nitrogens with zero attached hydrogens (tertiary/aromatic N) is 1. The Balaban J connectivity index is 2.19. The Hall–Kier alpha value is -3.49. The number of nitro groups is 1. The number of rotatable bonds is 7. The number of carbonyl (C=O) groups is 1. The number of nitro benzene ring substituents is 1. The first kappa shape index (κ1) is 18.8. The summed E-state index contributed by atoms with van der Waals surface area (Å²) in [4.78, 5) is 22.1. The molecule has 26 heavy (non-hydrogen) atoms. The van der Waals surface area contributed by atoms with Crippen LogP contribution in [0.1, 0.15) is 5.56 Å². The van der Waals surface area contributed by atoms with Gasteiger partial charge in [-0.05, 0) is 29.8 Å². The lowest BCUT2D eigenvalue weighted by atomic mass is 10.2. The molecule has 2 aromatic rings. The number of carbonyl (C=O) groups excluding carboxylic acids is 1. The van der Waals surface area contributed by atoms with E-state index < -0.39 is 17.4 Å². The predicted molar refractivity (Wildman–Crippen MR) is 90.4 cm³/mol. The normalized spacial score (nSPS) is 10.8. The number of halogens is 2. The fourth-order valence-electron chi connectivity index (χ4n) is 2.02. The van der Waals surface area contributed by atoms with E-state index in [1.165, 1.54) is 13.2 Å². The third kappa shape index (κ3) is 5.26. The fourth-order valence-corrected chi connectivity index (χ4v) is 2.02. The Morgan fingerprint density at radius 3 is 2.69 bits per heavy atom. The van der Waals surface area contributed by atoms with Gasteiger partial charge in [0.2, 0.25) is 5.91 Å². The Morgan fingerprint density at radius 1 is 1.27 bits per heavy atom. The smallest absolute Gasteiger partial charge is 0.387 e. The van der Waals surface area contributed by atoms with Crippen molar-refractivity contribution >= 4 is 23.4 Å². The summed E-state index contributed by atoms with van der Waals surface area (Å²) in [6, 6.07) is 9.80. The molecule has 0 aliphatic rings. The lowest BCUT2D eigenvalue weighted by molar-refractivity contribution is -0.384. The predicted octanol–water partition coefficient (Wildman–Crippen LogP) is 3.86. The molecule has 2 aromatic carbocycles. The lowest BCUT2D eigenvalue weighted by Crippen LogP contribution is -2.11. The van der Waals surface area contributed by atoms with Crippen LogP contribution in [0.4, 0.5) is 20.2 Å². The average molecular weight is 364 g/mol. The Kier molecular flexibility index (Phi) is 6.20. The molecule has 0 aromatic heterocycles. The highest BCUT2D eigenvalue weighted by atomic mass is 19.3. The van der Waals surface area contributed by atoms with Crippen LogP contribution < -0.4 is 14.8 Å². The molecule has 1 N–H and O–H groups in total. The highest BCUT2D eigenvalue weighted by molar-refractivity contribution is 6.03. The Labute approximate surface area is 147 Å². The van der Waals surface area contributed by atoms with Crippen LogP contribution in [0.3, 0.4) is 0 Å². The fraction of sp³-hybridized carbons (Fsp3) is 0.118. The summed E-state index contributed by atoms with van der Waals surface area (Å²) in [5.41, 5.74) is 0.0566. The van der Waals surface area contributed by atoms with Crippen molar-refractivity contribution in [2.24, 2.45) is 0 Å². The van der Waals surface area contributed by atoms with E-state index >= 15 is 0 Å². The summed E-state index contributed by atoms with van der Waals surface area (Å²) in [5.74, 6) is -0.458. The van der Waals surface area contributed by atoms with Crippen molar-refractivity contribution in [3.05, 3.63) is 64.2 Å². The summed E-state index contributed by atoms with van der Waals surface area (Å²) in [7, 11) is 1.50. The van der Waals surface area contributed by atoms with Gasteiger partial charge in [0.1, 0.15) is 11.5 Å². The molecule has 0 bridgehead atoms. The molecule has 0 unspecified atom stereocenters. The molecule has 0 saturated carbocycles. The first-order valence-electron chi connectivity index (χ1n) is 7.25. The van der Waals surface area contributed by atoms with Gasteiger partial charge in [-0.2, -0.15) is 8.78 Å². The molecular formula is C17H14F2N2O5. The standard InChI is InChI=1S/C17H14F2N2O5/c1-25-13-4-2-3-11(9-13)5-8-16(22)20-14-10-12(21(23)24)6-7-15(14)26-17(18)19/h2-10,17H,1H3,(H,20,22)/b8-5+. The zero-order chi connectivity index (χ0) is 19.1. The van der Waals surface area contributed by atoms with Crippen LogP contribution in [0.5, 0.6) is 11.5 Å². The van der Waals surface area contributed by atoms with Crippen molar-refractivity contribution in [2.75, 3.05) is 12.4 Å². The van der Waals surface area contributed by atoms with Crippen molar-refractivity contribution < 1.29 is 28.0 Å². The SMILES string of the molecule is COc1cccc(/C=C/C(=O)Nc2cc([N+](=O)[O-])ccc2OC(F)F)c1. The van der Waals surface area contributed by atoms with Crippen molar-refractivity contribution in [3.8, 4) is 11.5 Å². The van der Waals surface area contributed by atoms with E-state index in [4.69, 9.17) is 4.74 Å². The van der Waals surface area contributed by atoms with Gasteiger partial charge >= 0.3 is 6.61 Å². The van der Waals surface area contributed by atoms with Gasteiger partial charge in [-0.25, -0.2) is 0 Å². The molecule has 9 heteroatoms. The number of non-ortho nitro benzene ring substituents is 1. The van der Waals surface area contributed by atoms with Gasteiger partial charge in [0.15, 0.2) is 0 Å². The number of methoxy groups -OCH3 is 1. The minimum absolute atomic E-state index is 0.236. The first-order valence-corrected chi connectivity index (χ1v) is 7.25. The van der Waals surface area contributed by atoms with Crippen LogP contribution in [0.2, 0.25) is 0 Å². The number of hydrogen-bond donors (Lipinski definition) is 1. The van der Waals surface area contributed by atoms with Gasteiger partial charge in [0, 0.05) is 18.2 Å². The van der Waals surface area contributed by atoms with E-state index in [1.807, 2.05) is 0 Å². The van der Waals surface area contributed by atoms with Gasteiger partial charge < -0.3 is 14.8 Å². The summed E-state index contributed by atoms with van der Waals surface area (Å²) in [6.07, 6.45) is 2.63. The van der Waals surface area contributed by atoms with Gasteiger partial charge in [-0.3, -0.25) is 14.9 Å². The number of amides is 1. The van der Waals surface area contributed by atoms with Crippen molar-refractivity contribution in [2.45, 2.75) is 6.61 Å². The van der Waals surface area contributed by atoms with Crippen LogP contribution >= 0.6 is 0 Å². The Morgan fingerprint density at radius 2 is 2.04 bits per heavy atom. The zero-order valence-corrected chi connectivity index (χ0v) is 13.5. The highest BCUT2D eigenvalue weighted by Gasteiger charge is 2.16. The summed E-state index contributed by atoms with van der Waals surface area (Å²) in [5, 5.41) is 13.1. The van der Waals surface area contributed by atoms with Crippen LogP contribution in [-0.4, -0.2) is 24.6 Å². The molecule has 0 spiro atoms. The van der Waals surface area contributed by atoms with Crippen LogP contribution in [0.25, 0.3) is 6.08 Å². The van der Waals surface area contributed by atoms with E-state index in [1.54, 1.807) is 24.3 Å². The molecule has 0 heterocycles. The van der Waals surface area contributed by atoms with Crippen molar-refractivity contribution in [1.29, 1.82) is 0 Å². The maximum absolute atomic E-state index is 12.4. The van der Waals surface area contributed by atoms with Crippen LogP contribution in [-0.2, 0) is 4.79 Å². The first-order chi connectivity index (χ1) is 12.4. The number of nitrogens with one attached hydrogen (secondary N) is 1. The molecule has 0 saturated heterocycles. The molecule has 1 amide bonds. The van der Waals surface area contributed by atoms with Crippen LogP contribution in [0, 0.1) is 10.1 Å². The molecule has 0 aliphatic heterocycles. The lowest BCUT2D eigenvalue weighted by Gasteiger charge is -2.10. The largest absolute Gasteiger partial charge is 0.497 e. The monoisotopic (exact) mass is 364 g/mol. The molecule has 2 rings (SSSR count). The molecule has 7 nitrogen and oxygen atoms in total. The van der Waals surface area contributed by atoms with E-state index in [9.17, 15) is 23.7 Å². The topological polar surface area (TPSA) is 90.7 Å². The van der Waals surface area contributed by atoms with Gasteiger partial charge in [-0.15, -0.1) is 0 Å². The van der Waals surface area contributed by atoms with Gasteiger partial charge in [-0.1, -0.05) is 12.1 Å². The maximum atomic E-state index is 12.4. The molecule has 0 aliphatic carbocycles. The average Bonchev–Trinajstić information content (AvgIpc) is 2.61. The zero-order valence-electron chi connectivity index (χ0n) is 13.5. The number of alkyl halides is 2. The summed E-state index contributed by atoms with van der Waals surface area (Å²) >= 11 is 0. The highest BCUT2D eigenvalue weighted by Crippen LogP contribution is 2.30. The maximum Gasteiger partial charge on any atom is 0.387 e. The minimum atomic E-state index is -3.14. The second kappa shape index (κ2) is 8.56. The number of hydrogen-bond acceptors (Lipinski definition) is 5. The van der Waals surface area contributed by atoms with E-state index in [0.29, 0.717) is 11.3 Å². The van der Waals surface area contributed by atoms with Gasteiger partial charge in [0.05, 0.1) is 17.7 Å². The number of ether oxygens (including phenoxy) is 2. The molecule has 0 fully saturated rings. The molecule has 0 atom stereocenters. The summed E-state index contributed by atoms with van der Waals surface area (Å²) < 4.78 is 34.2. The third-order valence-corrected chi connectivity index (χ3v) is 3.17.